The van der Waals surface area contributed by atoms with E-state index >= 15 is 0 Å². The SMILES string of the molecule is Cc1nc(OCC2CCOCC2)ccc1-c1ccc(F)c(COc2ccc3c(c2)C[C@H](C)C3)c1. The molecule has 5 rings (SSSR count). The molecular formula is C29H32FNO3. The molecule has 2 aromatic carbocycles. The highest BCUT2D eigenvalue weighted by Gasteiger charge is 2.18. The molecule has 0 bridgehead atoms. The fourth-order valence-electron chi connectivity index (χ4n) is 4.96. The molecular weight excluding hydrogens is 429 g/mol. The van der Waals surface area contributed by atoms with Crippen LogP contribution in [0.1, 0.15) is 42.1 Å². The Morgan fingerprint density at radius 1 is 0.971 bits per heavy atom. The molecule has 1 aliphatic heterocycles. The third-order valence-electron chi connectivity index (χ3n) is 6.93. The van der Waals surface area contributed by atoms with Crippen molar-refractivity contribution in [1.82, 2.24) is 4.98 Å². The van der Waals surface area contributed by atoms with E-state index in [1.54, 1.807) is 6.07 Å². The molecule has 0 spiro atoms. The summed E-state index contributed by atoms with van der Waals surface area (Å²) in [5.74, 6) is 2.35. The molecule has 3 aromatic rings. The number of ether oxygens (including phenoxy) is 3. The summed E-state index contributed by atoms with van der Waals surface area (Å²) < 4.78 is 31.9. The van der Waals surface area contributed by atoms with Crippen LogP contribution in [0.4, 0.5) is 4.39 Å². The number of benzene rings is 2. The molecule has 1 aliphatic carbocycles. The van der Waals surface area contributed by atoms with E-state index in [4.69, 9.17) is 14.2 Å². The Kier molecular flexibility index (Phi) is 6.82. The van der Waals surface area contributed by atoms with E-state index in [-0.39, 0.29) is 12.4 Å². The first kappa shape index (κ1) is 22.9. The average Bonchev–Trinajstić information content (AvgIpc) is 3.22. The molecule has 0 radical (unpaired) electrons. The Balaban J connectivity index is 1.26. The maximum atomic E-state index is 14.6. The van der Waals surface area contributed by atoms with Crippen molar-refractivity contribution in [2.45, 2.75) is 46.1 Å². The van der Waals surface area contributed by atoms with Crippen LogP contribution in [-0.2, 0) is 24.2 Å². The van der Waals surface area contributed by atoms with Gasteiger partial charge in [-0.15, -0.1) is 0 Å². The zero-order valence-electron chi connectivity index (χ0n) is 20.0. The van der Waals surface area contributed by atoms with Crippen molar-refractivity contribution in [2.24, 2.45) is 11.8 Å². The van der Waals surface area contributed by atoms with Crippen LogP contribution in [0.25, 0.3) is 11.1 Å². The molecule has 1 saturated heterocycles. The monoisotopic (exact) mass is 461 g/mol. The second-order valence-corrected chi connectivity index (χ2v) is 9.69. The van der Waals surface area contributed by atoms with Gasteiger partial charge in [-0.1, -0.05) is 19.1 Å². The lowest BCUT2D eigenvalue weighted by atomic mass is 10.0. The first-order chi connectivity index (χ1) is 16.5. The Morgan fingerprint density at radius 3 is 2.62 bits per heavy atom. The van der Waals surface area contributed by atoms with Gasteiger partial charge in [-0.2, -0.15) is 0 Å². The van der Waals surface area contributed by atoms with Gasteiger partial charge in [0.05, 0.1) is 6.61 Å². The standard InChI is InChI=1S/C29H32FNO3/c1-19-13-22-3-5-26(16-24(22)14-19)33-18-25-15-23(4-7-28(25)30)27-6-8-29(31-20(27)2)34-17-21-9-11-32-12-10-21/h3-8,15-16,19,21H,9-14,17-18H2,1-2H3/t19-/m1/s1. The molecule has 1 atom stereocenters. The van der Waals surface area contributed by atoms with E-state index < -0.39 is 0 Å². The number of pyridine rings is 1. The second-order valence-electron chi connectivity index (χ2n) is 9.69. The van der Waals surface area contributed by atoms with Crippen molar-refractivity contribution >= 4 is 0 Å². The van der Waals surface area contributed by atoms with E-state index in [1.165, 1.54) is 17.2 Å². The van der Waals surface area contributed by atoms with Crippen molar-refractivity contribution in [2.75, 3.05) is 19.8 Å². The molecule has 0 unspecified atom stereocenters. The van der Waals surface area contributed by atoms with Crippen molar-refractivity contribution in [3.63, 3.8) is 0 Å². The summed E-state index contributed by atoms with van der Waals surface area (Å²) in [7, 11) is 0. The molecule has 0 amide bonds. The molecule has 34 heavy (non-hydrogen) atoms. The fraction of sp³-hybridized carbons (Fsp3) is 0.414. The summed E-state index contributed by atoms with van der Waals surface area (Å²) >= 11 is 0. The summed E-state index contributed by atoms with van der Waals surface area (Å²) in [5, 5.41) is 0. The highest BCUT2D eigenvalue weighted by molar-refractivity contribution is 5.67. The maximum Gasteiger partial charge on any atom is 0.213 e. The van der Waals surface area contributed by atoms with E-state index in [0.29, 0.717) is 29.9 Å². The van der Waals surface area contributed by atoms with Gasteiger partial charge >= 0.3 is 0 Å². The summed E-state index contributed by atoms with van der Waals surface area (Å²) in [4.78, 5) is 4.64. The minimum absolute atomic E-state index is 0.187. The number of hydrogen-bond acceptors (Lipinski definition) is 4. The lowest BCUT2D eigenvalue weighted by Gasteiger charge is -2.22. The smallest absolute Gasteiger partial charge is 0.213 e. The average molecular weight is 462 g/mol. The molecule has 5 heteroatoms. The van der Waals surface area contributed by atoms with Gasteiger partial charge in [0, 0.05) is 36.1 Å². The minimum atomic E-state index is -0.263. The Hall–Kier alpha value is -2.92. The van der Waals surface area contributed by atoms with Gasteiger partial charge in [-0.05, 0) is 91.5 Å². The molecule has 1 fully saturated rings. The number of aromatic nitrogens is 1. The van der Waals surface area contributed by atoms with Crippen molar-refractivity contribution in [3.8, 4) is 22.8 Å². The van der Waals surface area contributed by atoms with Crippen molar-refractivity contribution in [1.29, 1.82) is 0 Å². The van der Waals surface area contributed by atoms with Crippen LogP contribution in [-0.4, -0.2) is 24.8 Å². The summed E-state index contributed by atoms with van der Waals surface area (Å²) in [6.07, 6.45) is 4.26. The van der Waals surface area contributed by atoms with Crippen molar-refractivity contribution < 1.29 is 18.6 Å². The summed E-state index contributed by atoms with van der Waals surface area (Å²) in [6.45, 7) is 6.69. The third-order valence-corrected chi connectivity index (χ3v) is 6.93. The maximum absolute atomic E-state index is 14.6. The lowest BCUT2D eigenvalue weighted by molar-refractivity contribution is 0.0490. The van der Waals surface area contributed by atoms with E-state index in [0.717, 1.165) is 61.5 Å². The lowest BCUT2D eigenvalue weighted by Crippen LogP contribution is -2.21. The highest BCUT2D eigenvalue weighted by atomic mass is 19.1. The largest absolute Gasteiger partial charge is 0.489 e. The van der Waals surface area contributed by atoms with Gasteiger partial charge < -0.3 is 14.2 Å². The molecule has 2 aliphatic rings. The number of rotatable bonds is 7. The van der Waals surface area contributed by atoms with Crippen LogP contribution in [0, 0.1) is 24.6 Å². The number of aryl methyl sites for hydroxylation is 1. The fourth-order valence-corrected chi connectivity index (χ4v) is 4.96. The molecule has 4 nitrogen and oxygen atoms in total. The van der Waals surface area contributed by atoms with Crippen LogP contribution in [0.15, 0.2) is 48.5 Å². The number of halogens is 1. The summed E-state index contributed by atoms with van der Waals surface area (Å²) in [5.41, 5.74) is 6.02. The Morgan fingerprint density at radius 2 is 1.79 bits per heavy atom. The van der Waals surface area contributed by atoms with Crippen LogP contribution >= 0.6 is 0 Å². The minimum Gasteiger partial charge on any atom is -0.489 e. The number of hydrogen-bond donors (Lipinski definition) is 0. The number of fused-ring (bicyclic) bond motifs is 1. The molecule has 0 N–H and O–H groups in total. The molecule has 178 valence electrons. The van der Waals surface area contributed by atoms with E-state index in [2.05, 4.69) is 24.0 Å². The second kappa shape index (κ2) is 10.1. The number of nitrogens with zero attached hydrogens (tertiary/aromatic N) is 1. The van der Waals surface area contributed by atoms with Gasteiger partial charge in [0.25, 0.3) is 0 Å². The first-order valence-electron chi connectivity index (χ1n) is 12.3. The van der Waals surface area contributed by atoms with Gasteiger partial charge in [-0.3, -0.25) is 0 Å². The zero-order chi connectivity index (χ0) is 23.5. The van der Waals surface area contributed by atoms with Gasteiger partial charge in [0.1, 0.15) is 18.2 Å². The normalized spacial score (nSPS) is 18.0. The first-order valence-corrected chi connectivity index (χ1v) is 12.3. The van der Waals surface area contributed by atoms with Crippen LogP contribution in [0.2, 0.25) is 0 Å². The van der Waals surface area contributed by atoms with Gasteiger partial charge in [-0.25, -0.2) is 9.37 Å². The zero-order valence-corrected chi connectivity index (χ0v) is 20.0. The van der Waals surface area contributed by atoms with Crippen molar-refractivity contribution in [3.05, 3.63) is 76.7 Å². The predicted octanol–water partition coefficient (Wildman–Crippen LogP) is 6.32. The topological polar surface area (TPSA) is 40.6 Å². The molecule has 0 saturated carbocycles. The van der Waals surface area contributed by atoms with E-state index in [9.17, 15) is 4.39 Å². The van der Waals surface area contributed by atoms with Crippen LogP contribution < -0.4 is 9.47 Å². The predicted molar refractivity (Wildman–Crippen MR) is 131 cm³/mol. The summed E-state index contributed by atoms with van der Waals surface area (Å²) in [6, 6.07) is 15.3. The van der Waals surface area contributed by atoms with Gasteiger partial charge in [0.15, 0.2) is 0 Å². The highest BCUT2D eigenvalue weighted by Crippen LogP contribution is 2.31. The molecule has 2 heterocycles. The van der Waals surface area contributed by atoms with Crippen LogP contribution in [0.5, 0.6) is 11.6 Å². The Labute approximate surface area is 201 Å². The van der Waals surface area contributed by atoms with Crippen LogP contribution in [0.3, 0.4) is 0 Å². The quantitative estimate of drug-likeness (QED) is 0.413. The van der Waals surface area contributed by atoms with E-state index in [1.807, 2.05) is 31.2 Å². The molecule has 1 aromatic heterocycles. The third kappa shape index (κ3) is 5.25. The Bertz CT molecular complexity index is 1160. The van der Waals surface area contributed by atoms with Gasteiger partial charge in [0.2, 0.25) is 5.88 Å².